The van der Waals surface area contributed by atoms with Gasteiger partial charge in [-0.15, -0.1) is 0 Å². The Morgan fingerprint density at radius 1 is 0.947 bits per heavy atom. The summed E-state index contributed by atoms with van der Waals surface area (Å²) in [4.78, 5) is 15.2. The monoisotopic (exact) mass is 249 g/mol. The van der Waals surface area contributed by atoms with Gasteiger partial charge in [0.1, 0.15) is 0 Å². The molecule has 3 nitrogen and oxygen atoms in total. The Hall–Kier alpha value is -2.68. The van der Waals surface area contributed by atoms with Crippen molar-refractivity contribution in [2.24, 2.45) is 0 Å². The highest BCUT2D eigenvalue weighted by Crippen LogP contribution is 2.26. The Morgan fingerprint density at radius 2 is 1.68 bits per heavy atom. The first-order valence-corrected chi connectivity index (χ1v) is 5.93. The molecule has 0 aliphatic carbocycles. The summed E-state index contributed by atoms with van der Waals surface area (Å²) in [6, 6.07) is 16.7. The van der Waals surface area contributed by atoms with E-state index in [0.717, 1.165) is 22.0 Å². The van der Waals surface area contributed by atoms with Gasteiger partial charge in [0.15, 0.2) is 0 Å². The van der Waals surface area contributed by atoms with Gasteiger partial charge in [-0.25, -0.2) is 4.79 Å². The Bertz CT molecular complexity index is 743. The van der Waals surface area contributed by atoms with E-state index in [1.165, 1.54) is 0 Å². The number of benzene rings is 2. The third-order valence-electron chi connectivity index (χ3n) is 3.08. The summed E-state index contributed by atoms with van der Waals surface area (Å²) in [5, 5.41) is 11.1. The molecule has 3 aromatic rings. The molecule has 0 saturated carbocycles. The van der Waals surface area contributed by atoms with Crippen LogP contribution < -0.4 is 0 Å². The molecule has 0 radical (unpaired) electrons. The molecule has 0 bridgehead atoms. The fraction of sp³-hybridized carbons (Fsp3) is 0. The number of hydrogen-bond acceptors (Lipinski definition) is 2. The van der Waals surface area contributed by atoms with Crippen molar-refractivity contribution in [3.63, 3.8) is 0 Å². The third-order valence-corrected chi connectivity index (χ3v) is 3.08. The number of carboxylic acids is 1. The molecule has 0 amide bonds. The number of nitrogens with zero attached hydrogens (tertiary/aromatic N) is 1. The molecule has 0 saturated heterocycles. The first-order chi connectivity index (χ1) is 9.25. The van der Waals surface area contributed by atoms with Gasteiger partial charge in [-0.1, -0.05) is 36.4 Å². The molecule has 2 aromatic carbocycles. The minimum atomic E-state index is -0.919. The van der Waals surface area contributed by atoms with Crippen LogP contribution in [-0.4, -0.2) is 16.1 Å². The number of carbonyl (C=O) groups is 1. The van der Waals surface area contributed by atoms with E-state index >= 15 is 0 Å². The quantitative estimate of drug-likeness (QED) is 0.754. The highest BCUT2D eigenvalue weighted by molar-refractivity contribution is 5.95. The Balaban J connectivity index is 2.16. The van der Waals surface area contributed by atoms with Gasteiger partial charge in [0.25, 0.3) is 0 Å². The van der Waals surface area contributed by atoms with Crippen LogP contribution in [0.3, 0.4) is 0 Å². The topological polar surface area (TPSA) is 50.2 Å². The van der Waals surface area contributed by atoms with Crippen LogP contribution in [0.1, 0.15) is 10.4 Å². The zero-order valence-corrected chi connectivity index (χ0v) is 10.1. The number of pyridine rings is 1. The third kappa shape index (κ3) is 2.06. The van der Waals surface area contributed by atoms with Crippen molar-refractivity contribution in [2.75, 3.05) is 0 Å². The largest absolute Gasteiger partial charge is 0.478 e. The molecule has 3 rings (SSSR count). The number of carboxylic acid groups (broad SMARTS) is 1. The summed E-state index contributed by atoms with van der Waals surface area (Å²) in [5.41, 5.74) is 2.07. The summed E-state index contributed by atoms with van der Waals surface area (Å²) >= 11 is 0. The molecular weight excluding hydrogens is 238 g/mol. The lowest BCUT2D eigenvalue weighted by Crippen LogP contribution is -1.95. The van der Waals surface area contributed by atoms with Crippen molar-refractivity contribution in [3.8, 4) is 11.3 Å². The summed E-state index contributed by atoms with van der Waals surface area (Å²) in [6.07, 6.45) is 1.77. The molecule has 1 N–H and O–H groups in total. The van der Waals surface area contributed by atoms with Crippen molar-refractivity contribution in [1.29, 1.82) is 0 Å². The molecule has 0 aliphatic rings. The van der Waals surface area contributed by atoms with Crippen molar-refractivity contribution >= 4 is 16.7 Å². The maximum absolute atomic E-state index is 10.8. The van der Waals surface area contributed by atoms with Crippen molar-refractivity contribution in [3.05, 3.63) is 66.4 Å². The lowest BCUT2D eigenvalue weighted by atomic mass is 10.0. The second kappa shape index (κ2) is 4.53. The number of fused-ring (bicyclic) bond motifs is 1. The predicted molar refractivity (Wildman–Crippen MR) is 74.1 cm³/mol. The van der Waals surface area contributed by atoms with Gasteiger partial charge in [-0.2, -0.15) is 0 Å². The van der Waals surface area contributed by atoms with E-state index in [9.17, 15) is 4.79 Å². The van der Waals surface area contributed by atoms with Crippen LogP contribution in [0.5, 0.6) is 0 Å². The number of aromatic nitrogens is 1. The minimum Gasteiger partial charge on any atom is -0.478 e. The van der Waals surface area contributed by atoms with Crippen LogP contribution in [-0.2, 0) is 0 Å². The van der Waals surface area contributed by atoms with E-state index in [-0.39, 0.29) is 5.56 Å². The van der Waals surface area contributed by atoms with Crippen LogP contribution in [0.2, 0.25) is 0 Å². The number of aromatic carboxylic acids is 1. The zero-order valence-electron chi connectivity index (χ0n) is 10.1. The number of rotatable bonds is 2. The molecule has 0 aliphatic heterocycles. The first-order valence-electron chi connectivity index (χ1n) is 5.93. The van der Waals surface area contributed by atoms with Crippen molar-refractivity contribution in [1.82, 2.24) is 4.98 Å². The molecule has 1 heterocycles. The van der Waals surface area contributed by atoms with Gasteiger partial charge in [-0.05, 0) is 23.6 Å². The second-order valence-corrected chi connectivity index (χ2v) is 4.26. The average Bonchev–Trinajstić information content (AvgIpc) is 2.47. The molecule has 92 valence electrons. The lowest BCUT2D eigenvalue weighted by Gasteiger charge is -2.05. The molecular formula is C16H11NO2. The van der Waals surface area contributed by atoms with E-state index in [0.29, 0.717) is 0 Å². The highest BCUT2D eigenvalue weighted by atomic mass is 16.4. The fourth-order valence-corrected chi connectivity index (χ4v) is 2.12. The van der Waals surface area contributed by atoms with Crippen LogP contribution in [0, 0.1) is 0 Å². The van der Waals surface area contributed by atoms with Gasteiger partial charge in [0.2, 0.25) is 0 Å². The number of hydrogen-bond donors (Lipinski definition) is 1. The Labute approximate surface area is 110 Å². The highest BCUT2D eigenvalue weighted by Gasteiger charge is 2.06. The maximum Gasteiger partial charge on any atom is 0.335 e. The van der Waals surface area contributed by atoms with E-state index in [1.54, 1.807) is 30.5 Å². The molecule has 0 atom stereocenters. The molecule has 1 aromatic heterocycles. The molecule has 0 spiro atoms. The normalized spacial score (nSPS) is 10.5. The van der Waals surface area contributed by atoms with Gasteiger partial charge in [0.05, 0.1) is 11.3 Å². The molecule has 3 heteroatoms. The van der Waals surface area contributed by atoms with E-state index in [2.05, 4.69) is 4.98 Å². The first kappa shape index (κ1) is 11.4. The summed E-state index contributed by atoms with van der Waals surface area (Å²) < 4.78 is 0. The average molecular weight is 249 g/mol. The molecule has 19 heavy (non-hydrogen) atoms. The van der Waals surface area contributed by atoms with E-state index in [1.807, 2.05) is 30.3 Å². The van der Waals surface area contributed by atoms with Crippen molar-refractivity contribution in [2.45, 2.75) is 0 Å². The SMILES string of the molecule is O=C(O)c1ccc(-c2nccc3ccccc23)cc1. The van der Waals surface area contributed by atoms with Gasteiger partial charge >= 0.3 is 5.97 Å². The van der Waals surface area contributed by atoms with Gasteiger partial charge in [0, 0.05) is 17.1 Å². The van der Waals surface area contributed by atoms with Gasteiger partial charge < -0.3 is 5.11 Å². The zero-order chi connectivity index (χ0) is 13.2. The Morgan fingerprint density at radius 3 is 2.42 bits per heavy atom. The minimum absolute atomic E-state index is 0.281. The van der Waals surface area contributed by atoms with Gasteiger partial charge in [-0.3, -0.25) is 4.98 Å². The maximum atomic E-state index is 10.8. The van der Waals surface area contributed by atoms with E-state index < -0.39 is 5.97 Å². The molecule has 0 unspecified atom stereocenters. The molecule has 0 fully saturated rings. The predicted octanol–water partition coefficient (Wildman–Crippen LogP) is 3.60. The Kier molecular flexibility index (Phi) is 2.72. The standard InChI is InChI=1S/C16H11NO2/c18-16(19)13-7-5-12(6-8-13)15-14-4-2-1-3-11(14)9-10-17-15/h1-10H,(H,18,19). The summed E-state index contributed by atoms with van der Waals surface area (Å²) in [6.45, 7) is 0. The summed E-state index contributed by atoms with van der Waals surface area (Å²) in [5.74, 6) is -0.919. The van der Waals surface area contributed by atoms with Crippen molar-refractivity contribution < 1.29 is 9.90 Å². The second-order valence-electron chi connectivity index (χ2n) is 4.26. The van der Waals surface area contributed by atoms with Crippen LogP contribution in [0.4, 0.5) is 0 Å². The van der Waals surface area contributed by atoms with Crippen LogP contribution in [0.25, 0.3) is 22.0 Å². The van der Waals surface area contributed by atoms with Crippen LogP contribution >= 0.6 is 0 Å². The fourth-order valence-electron chi connectivity index (χ4n) is 2.12. The van der Waals surface area contributed by atoms with Crippen LogP contribution in [0.15, 0.2) is 60.8 Å². The summed E-state index contributed by atoms with van der Waals surface area (Å²) in [7, 11) is 0. The smallest absolute Gasteiger partial charge is 0.335 e. The van der Waals surface area contributed by atoms with E-state index in [4.69, 9.17) is 5.11 Å². The lowest BCUT2D eigenvalue weighted by molar-refractivity contribution is 0.0697.